The van der Waals surface area contributed by atoms with Crippen molar-refractivity contribution in [2.45, 2.75) is 25.9 Å². The van der Waals surface area contributed by atoms with Crippen LogP contribution in [0.2, 0.25) is 0 Å². The summed E-state index contributed by atoms with van der Waals surface area (Å²) in [6.07, 6.45) is 4.60. The van der Waals surface area contributed by atoms with Gasteiger partial charge in [0.05, 0.1) is 0 Å². The number of benzene rings is 1. The molecule has 0 saturated heterocycles. The molecule has 1 N–H and O–H groups in total. The van der Waals surface area contributed by atoms with Crippen molar-refractivity contribution in [2.24, 2.45) is 0 Å². The van der Waals surface area contributed by atoms with Crippen LogP contribution in [0.25, 0.3) is 0 Å². The van der Waals surface area contributed by atoms with E-state index >= 15 is 0 Å². The van der Waals surface area contributed by atoms with Crippen molar-refractivity contribution in [2.75, 3.05) is 27.4 Å². The van der Waals surface area contributed by atoms with Gasteiger partial charge in [-0.3, -0.25) is 9.69 Å². The summed E-state index contributed by atoms with van der Waals surface area (Å²) in [5.74, 6) is 2.38. The molecular formula is C18H24N4O3. The number of carbonyl (C=O) groups excluding carboxylic acids is 1. The molecule has 2 heterocycles. The Hall–Kier alpha value is -2.54. The number of hydrogen-bond acceptors (Lipinski definition) is 5. The number of aromatic nitrogens is 2. The summed E-state index contributed by atoms with van der Waals surface area (Å²) < 4.78 is 12.8. The number of ether oxygens (including phenoxy) is 2. The summed E-state index contributed by atoms with van der Waals surface area (Å²) in [7, 11) is 3.78. The number of likely N-dealkylation sites (N-methyl/N-ethyl adjacent to an activating group) is 1. The zero-order valence-corrected chi connectivity index (χ0v) is 14.9. The first-order valence-electron chi connectivity index (χ1n) is 8.44. The first kappa shape index (κ1) is 17.3. The van der Waals surface area contributed by atoms with Gasteiger partial charge in [-0.1, -0.05) is 13.0 Å². The summed E-state index contributed by atoms with van der Waals surface area (Å²) in [6, 6.07) is 5.24. The fraction of sp³-hybridized carbons (Fsp3) is 0.444. The summed E-state index contributed by atoms with van der Waals surface area (Å²) in [6.45, 7) is 3.55. The van der Waals surface area contributed by atoms with Crippen LogP contribution in [-0.4, -0.2) is 47.8 Å². The molecule has 2 aromatic rings. The Morgan fingerprint density at radius 3 is 2.92 bits per heavy atom. The van der Waals surface area contributed by atoms with Crippen molar-refractivity contribution in [3.05, 3.63) is 42.0 Å². The van der Waals surface area contributed by atoms with Gasteiger partial charge in [-0.25, -0.2) is 4.98 Å². The van der Waals surface area contributed by atoms with Crippen molar-refractivity contribution in [1.29, 1.82) is 0 Å². The number of imidazole rings is 1. The highest BCUT2D eigenvalue weighted by Gasteiger charge is 2.25. The van der Waals surface area contributed by atoms with Gasteiger partial charge in [0.1, 0.15) is 11.9 Å². The lowest BCUT2D eigenvalue weighted by Crippen LogP contribution is -2.38. The maximum Gasteiger partial charge on any atom is 0.242 e. The number of fused-ring (bicyclic) bond motifs is 1. The Bertz CT molecular complexity index is 742. The zero-order chi connectivity index (χ0) is 17.8. The van der Waals surface area contributed by atoms with E-state index in [-0.39, 0.29) is 18.7 Å². The largest absolute Gasteiger partial charge is 0.454 e. The van der Waals surface area contributed by atoms with E-state index in [2.05, 4.69) is 21.8 Å². The second-order valence-corrected chi connectivity index (χ2v) is 6.16. The lowest BCUT2D eigenvalue weighted by molar-refractivity contribution is -0.125. The molecule has 0 bridgehead atoms. The molecule has 1 atom stereocenters. The van der Waals surface area contributed by atoms with Crippen LogP contribution in [-0.2, 0) is 17.8 Å². The first-order valence-corrected chi connectivity index (χ1v) is 8.44. The van der Waals surface area contributed by atoms with Crippen LogP contribution >= 0.6 is 0 Å². The summed E-state index contributed by atoms with van der Waals surface area (Å²) in [4.78, 5) is 18.9. The van der Waals surface area contributed by atoms with E-state index in [1.807, 2.05) is 43.4 Å². The minimum atomic E-state index is -0.386. The minimum Gasteiger partial charge on any atom is -0.454 e. The van der Waals surface area contributed by atoms with Gasteiger partial charge >= 0.3 is 0 Å². The van der Waals surface area contributed by atoms with E-state index in [9.17, 15) is 4.79 Å². The molecule has 0 fully saturated rings. The fourth-order valence-corrected chi connectivity index (χ4v) is 3.02. The number of rotatable bonds is 7. The van der Waals surface area contributed by atoms with Crippen LogP contribution in [0.3, 0.4) is 0 Å². The number of carbonyl (C=O) groups is 1. The van der Waals surface area contributed by atoms with E-state index in [1.54, 1.807) is 6.20 Å². The number of amides is 1. The maximum absolute atomic E-state index is 12.7. The van der Waals surface area contributed by atoms with Crippen LogP contribution in [0.15, 0.2) is 30.6 Å². The van der Waals surface area contributed by atoms with Crippen molar-refractivity contribution in [3.63, 3.8) is 0 Å². The molecule has 1 aliphatic rings. The molecule has 0 saturated carbocycles. The molecule has 25 heavy (non-hydrogen) atoms. The van der Waals surface area contributed by atoms with Crippen molar-refractivity contribution >= 4 is 5.91 Å². The number of nitrogens with zero attached hydrogens (tertiary/aromatic N) is 3. The number of nitrogens with one attached hydrogen (secondary N) is 1. The topological polar surface area (TPSA) is 68.6 Å². The minimum absolute atomic E-state index is 0.0398. The van der Waals surface area contributed by atoms with Crippen molar-refractivity contribution in [3.8, 4) is 11.5 Å². The van der Waals surface area contributed by atoms with Gasteiger partial charge in [0.2, 0.25) is 12.7 Å². The van der Waals surface area contributed by atoms with E-state index in [0.29, 0.717) is 24.6 Å². The quantitative estimate of drug-likeness (QED) is 0.826. The normalized spacial score (nSPS) is 13.9. The molecule has 134 valence electrons. The average Bonchev–Trinajstić information content (AvgIpc) is 3.22. The fourth-order valence-electron chi connectivity index (χ4n) is 3.02. The van der Waals surface area contributed by atoms with Crippen LogP contribution in [0.5, 0.6) is 11.5 Å². The van der Waals surface area contributed by atoms with E-state index < -0.39 is 0 Å². The van der Waals surface area contributed by atoms with Gasteiger partial charge in [-0.15, -0.1) is 0 Å². The van der Waals surface area contributed by atoms with Gasteiger partial charge in [0, 0.05) is 31.9 Å². The van der Waals surface area contributed by atoms with Gasteiger partial charge in [-0.2, -0.15) is 0 Å². The molecule has 0 spiro atoms. The SMILES string of the molecule is CCc1nccn1CCNC(=O)[C@@H](c1ccc2c(c1)OCO2)N(C)C. The number of aryl methyl sites for hydroxylation is 1. The predicted molar refractivity (Wildman–Crippen MR) is 93.6 cm³/mol. The Morgan fingerprint density at radius 2 is 2.16 bits per heavy atom. The van der Waals surface area contributed by atoms with Crippen molar-refractivity contribution in [1.82, 2.24) is 19.8 Å². The van der Waals surface area contributed by atoms with Crippen LogP contribution in [0.1, 0.15) is 24.4 Å². The third-order valence-electron chi connectivity index (χ3n) is 4.25. The molecule has 0 aliphatic carbocycles. The Labute approximate surface area is 147 Å². The van der Waals surface area contributed by atoms with Crippen LogP contribution in [0, 0.1) is 0 Å². The monoisotopic (exact) mass is 344 g/mol. The molecule has 7 heteroatoms. The molecule has 7 nitrogen and oxygen atoms in total. The Morgan fingerprint density at radius 1 is 1.36 bits per heavy atom. The molecule has 1 aromatic carbocycles. The lowest BCUT2D eigenvalue weighted by Gasteiger charge is -2.24. The highest BCUT2D eigenvalue weighted by molar-refractivity contribution is 5.83. The molecule has 0 unspecified atom stereocenters. The summed E-state index contributed by atoms with van der Waals surface area (Å²) >= 11 is 0. The highest BCUT2D eigenvalue weighted by Crippen LogP contribution is 2.35. The van der Waals surface area contributed by atoms with Crippen LogP contribution in [0.4, 0.5) is 0 Å². The van der Waals surface area contributed by atoms with Gasteiger partial charge in [0.15, 0.2) is 11.5 Å². The zero-order valence-electron chi connectivity index (χ0n) is 14.9. The number of hydrogen-bond donors (Lipinski definition) is 1. The first-order chi connectivity index (χ1) is 12.1. The average molecular weight is 344 g/mol. The van der Waals surface area contributed by atoms with Crippen molar-refractivity contribution < 1.29 is 14.3 Å². The maximum atomic E-state index is 12.7. The smallest absolute Gasteiger partial charge is 0.242 e. The van der Waals surface area contributed by atoms with Crippen LogP contribution < -0.4 is 14.8 Å². The van der Waals surface area contributed by atoms with E-state index in [1.165, 1.54) is 0 Å². The molecule has 0 radical (unpaired) electrons. The second-order valence-electron chi connectivity index (χ2n) is 6.16. The third-order valence-corrected chi connectivity index (χ3v) is 4.25. The Balaban J connectivity index is 1.65. The molecular weight excluding hydrogens is 320 g/mol. The molecule has 1 amide bonds. The summed E-state index contributed by atoms with van der Waals surface area (Å²) in [5.41, 5.74) is 0.878. The highest BCUT2D eigenvalue weighted by atomic mass is 16.7. The summed E-state index contributed by atoms with van der Waals surface area (Å²) in [5, 5.41) is 3.02. The Kier molecular flexibility index (Phi) is 5.23. The molecule has 1 aliphatic heterocycles. The van der Waals surface area contributed by atoms with Gasteiger partial charge < -0.3 is 19.4 Å². The standard InChI is InChI=1S/C18H24N4O3/c1-4-16-19-7-9-22(16)10-8-20-18(23)17(21(2)3)13-5-6-14-15(11-13)25-12-24-14/h5-7,9,11,17H,4,8,10,12H2,1-3H3,(H,20,23)/t17-/m1/s1. The lowest BCUT2D eigenvalue weighted by atomic mass is 10.0. The van der Waals surface area contributed by atoms with E-state index in [0.717, 1.165) is 17.8 Å². The molecule has 1 aromatic heterocycles. The van der Waals surface area contributed by atoms with Gasteiger partial charge in [-0.05, 0) is 31.8 Å². The predicted octanol–water partition coefficient (Wildman–Crippen LogP) is 1.59. The molecule has 3 rings (SSSR count). The van der Waals surface area contributed by atoms with Gasteiger partial charge in [0.25, 0.3) is 0 Å². The second kappa shape index (κ2) is 7.57. The third kappa shape index (κ3) is 3.76. The van der Waals surface area contributed by atoms with E-state index in [4.69, 9.17) is 9.47 Å².